The van der Waals surface area contributed by atoms with Crippen molar-refractivity contribution in [3.63, 3.8) is 0 Å². The minimum Gasteiger partial charge on any atom is -0.463 e. The molecule has 1 saturated carbocycles. The lowest BCUT2D eigenvalue weighted by Crippen LogP contribution is -2.16. The Hall–Kier alpha value is -1.06. The summed E-state index contributed by atoms with van der Waals surface area (Å²) in [5.74, 6) is -0.981. The molecule has 1 aliphatic rings. The van der Waals surface area contributed by atoms with E-state index in [4.69, 9.17) is 27.9 Å². The molecule has 1 aliphatic carbocycles. The minimum absolute atomic E-state index is 0.0794. The Morgan fingerprint density at radius 3 is 2.47 bits per heavy atom. The van der Waals surface area contributed by atoms with E-state index in [1.807, 2.05) is 0 Å². The maximum Gasteiger partial charge on any atom is 0.309 e. The molecule has 0 aliphatic heterocycles. The van der Waals surface area contributed by atoms with Crippen LogP contribution in [0.15, 0.2) is 18.2 Å². The van der Waals surface area contributed by atoms with Crippen LogP contribution in [0.4, 0.5) is 0 Å². The molecule has 3 nitrogen and oxygen atoms in total. The average Bonchev–Trinajstić information content (AvgIpc) is 3.11. The zero-order chi connectivity index (χ0) is 14.2. The number of hydrogen-bond donors (Lipinski definition) is 0. The minimum atomic E-state index is -0.315. The van der Waals surface area contributed by atoms with E-state index < -0.39 is 0 Å². The van der Waals surface area contributed by atoms with Crippen molar-refractivity contribution in [3.05, 3.63) is 33.8 Å². The van der Waals surface area contributed by atoms with Gasteiger partial charge in [0.05, 0.1) is 22.1 Å². The van der Waals surface area contributed by atoms with E-state index in [0.29, 0.717) is 22.0 Å². The maximum absolute atomic E-state index is 12.2. The highest BCUT2D eigenvalue weighted by Gasteiger charge is 2.49. The van der Waals surface area contributed by atoms with Crippen LogP contribution in [0.2, 0.25) is 10.0 Å². The van der Waals surface area contributed by atoms with E-state index in [1.54, 1.807) is 26.0 Å². The van der Waals surface area contributed by atoms with Gasteiger partial charge < -0.3 is 4.74 Å². The standard InChI is InChI=1S/C14H14Cl2O3/c1-7(2)19-14(18)10-6-9(10)13(17)8-3-4-11(15)12(16)5-8/h3-5,7,9-10H,6H2,1-2H3/t9-,10-/m0/s1. The highest BCUT2D eigenvalue weighted by atomic mass is 35.5. The summed E-state index contributed by atoms with van der Waals surface area (Å²) in [4.78, 5) is 23.8. The van der Waals surface area contributed by atoms with Crippen molar-refractivity contribution in [2.75, 3.05) is 0 Å². The van der Waals surface area contributed by atoms with Crippen LogP contribution >= 0.6 is 23.2 Å². The van der Waals surface area contributed by atoms with Crippen LogP contribution in [-0.2, 0) is 9.53 Å². The van der Waals surface area contributed by atoms with Gasteiger partial charge in [0.1, 0.15) is 0 Å². The second-order valence-electron chi connectivity index (χ2n) is 4.93. The van der Waals surface area contributed by atoms with Gasteiger partial charge in [0, 0.05) is 11.5 Å². The molecule has 1 aromatic rings. The second-order valence-corrected chi connectivity index (χ2v) is 5.74. The summed E-state index contributed by atoms with van der Waals surface area (Å²) in [5, 5.41) is 0.749. The number of esters is 1. The Labute approximate surface area is 121 Å². The summed E-state index contributed by atoms with van der Waals surface area (Å²) in [7, 11) is 0. The van der Waals surface area contributed by atoms with E-state index in [2.05, 4.69) is 0 Å². The van der Waals surface area contributed by atoms with E-state index in [0.717, 1.165) is 0 Å². The molecule has 0 unspecified atom stereocenters. The molecule has 0 amide bonds. The molecule has 5 heteroatoms. The lowest BCUT2D eigenvalue weighted by Gasteiger charge is -2.07. The fraction of sp³-hybridized carbons (Fsp3) is 0.429. The lowest BCUT2D eigenvalue weighted by molar-refractivity contribution is -0.149. The fourth-order valence-electron chi connectivity index (χ4n) is 1.93. The second kappa shape index (κ2) is 5.51. The first kappa shape index (κ1) is 14.4. The summed E-state index contributed by atoms with van der Waals surface area (Å²) in [5.41, 5.74) is 0.485. The first-order valence-electron chi connectivity index (χ1n) is 6.10. The van der Waals surface area contributed by atoms with Gasteiger partial charge in [-0.1, -0.05) is 23.2 Å². The molecule has 2 atom stereocenters. The van der Waals surface area contributed by atoms with Crippen LogP contribution in [-0.4, -0.2) is 17.9 Å². The molecule has 0 saturated heterocycles. The molecule has 1 fully saturated rings. The predicted molar refractivity (Wildman–Crippen MR) is 73.6 cm³/mol. The highest BCUT2D eigenvalue weighted by molar-refractivity contribution is 6.42. The van der Waals surface area contributed by atoms with Gasteiger partial charge in [-0.2, -0.15) is 0 Å². The third kappa shape index (κ3) is 3.28. The summed E-state index contributed by atoms with van der Waals surface area (Å²) < 4.78 is 5.09. The van der Waals surface area contributed by atoms with Crippen molar-refractivity contribution in [3.8, 4) is 0 Å². The number of carbonyl (C=O) groups is 2. The average molecular weight is 301 g/mol. The molecule has 0 radical (unpaired) electrons. The van der Waals surface area contributed by atoms with Crippen molar-refractivity contribution in [1.29, 1.82) is 0 Å². The molecule has 2 rings (SSSR count). The number of benzene rings is 1. The Balaban J connectivity index is 2.03. The van der Waals surface area contributed by atoms with Crippen molar-refractivity contribution in [1.82, 2.24) is 0 Å². The lowest BCUT2D eigenvalue weighted by atomic mass is 10.1. The number of rotatable bonds is 4. The quantitative estimate of drug-likeness (QED) is 0.628. The van der Waals surface area contributed by atoms with Gasteiger partial charge in [-0.15, -0.1) is 0 Å². The van der Waals surface area contributed by atoms with Gasteiger partial charge in [-0.3, -0.25) is 9.59 Å². The van der Waals surface area contributed by atoms with Gasteiger partial charge in [0.25, 0.3) is 0 Å². The number of hydrogen-bond acceptors (Lipinski definition) is 3. The largest absolute Gasteiger partial charge is 0.463 e. The normalized spacial score (nSPS) is 21.3. The van der Waals surface area contributed by atoms with Gasteiger partial charge in [0.15, 0.2) is 5.78 Å². The molecular weight excluding hydrogens is 287 g/mol. The predicted octanol–water partition coefficient (Wildman–Crippen LogP) is 3.76. The molecular formula is C14H14Cl2O3. The summed E-state index contributed by atoms with van der Waals surface area (Å²) in [6, 6.07) is 4.75. The molecule has 0 bridgehead atoms. The van der Waals surface area contributed by atoms with E-state index in [9.17, 15) is 9.59 Å². The Morgan fingerprint density at radius 2 is 1.89 bits per heavy atom. The highest BCUT2D eigenvalue weighted by Crippen LogP contribution is 2.42. The van der Waals surface area contributed by atoms with Crippen molar-refractivity contribution < 1.29 is 14.3 Å². The smallest absolute Gasteiger partial charge is 0.309 e. The third-order valence-corrected chi connectivity index (χ3v) is 3.72. The van der Waals surface area contributed by atoms with Crippen LogP contribution in [0.3, 0.4) is 0 Å². The zero-order valence-electron chi connectivity index (χ0n) is 10.7. The van der Waals surface area contributed by atoms with Crippen LogP contribution in [0.25, 0.3) is 0 Å². The SMILES string of the molecule is CC(C)OC(=O)[C@H]1C[C@@H]1C(=O)c1ccc(Cl)c(Cl)c1. The summed E-state index contributed by atoms with van der Waals surface area (Å²) in [6.45, 7) is 3.58. The van der Waals surface area contributed by atoms with Crippen LogP contribution in [0.1, 0.15) is 30.6 Å². The molecule has 1 aromatic carbocycles. The Kier molecular flexibility index (Phi) is 4.16. The van der Waals surface area contributed by atoms with Gasteiger partial charge >= 0.3 is 5.97 Å². The molecule has 19 heavy (non-hydrogen) atoms. The molecule has 0 heterocycles. The number of ether oxygens (including phenoxy) is 1. The van der Waals surface area contributed by atoms with Crippen LogP contribution < -0.4 is 0 Å². The summed E-state index contributed by atoms with van der Waals surface area (Å²) >= 11 is 11.7. The monoisotopic (exact) mass is 300 g/mol. The molecule has 0 N–H and O–H groups in total. The van der Waals surface area contributed by atoms with Gasteiger partial charge in [-0.25, -0.2) is 0 Å². The number of Topliss-reactive ketones (excluding diaryl/α,β-unsaturated/α-hetero) is 1. The van der Waals surface area contributed by atoms with E-state index in [-0.39, 0.29) is 29.7 Å². The number of halogens is 2. The van der Waals surface area contributed by atoms with Crippen molar-refractivity contribution in [2.24, 2.45) is 11.8 Å². The first-order valence-corrected chi connectivity index (χ1v) is 6.85. The molecule has 0 spiro atoms. The zero-order valence-corrected chi connectivity index (χ0v) is 12.2. The molecule has 102 valence electrons. The van der Waals surface area contributed by atoms with Gasteiger partial charge in [-0.05, 0) is 38.5 Å². The van der Waals surface area contributed by atoms with Crippen molar-refractivity contribution in [2.45, 2.75) is 26.4 Å². The maximum atomic E-state index is 12.2. The van der Waals surface area contributed by atoms with E-state index >= 15 is 0 Å². The Morgan fingerprint density at radius 1 is 1.21 bits per heavy atom. The summed E-state index contributed by atoms with van der Waals surface area (Å²) in [6.07, 6.45) is 0.388. The number of carbonyl (C=O) groups excluding carboxylic acids is 2. The van der Waals surface area contributed by atoms with Crippen LogP contribution in [0, 0.1) is 11.8 Å². The molecule has 0 aromatic heterocycles. The number of ketones is 1. The third-order valence-electron chi connectivity index (χ3n) is 2.99. The fourth-order valence-corrected chi connectivity index (χ4v) is 2.23. The Bertz CT molecular complexity index is 525. The van der Waals surface area contributed by atoms with Gasteiger partial charge in [0.2, 0.25) is 0 Å². The van der Waals surface area contributed by atoms with Crippen molar-refractivity contribution >= 4 is 35.0 Å². The van der Waals surface area contributed by atoms with Crippen LogP contribution in [0.5, 0.6) is 0 Å². The first-order chi connectivity index (χ1) is 8.90. The topological polar surface area (TPSA) is 43.4 Å². The van der Waals surface area contributed by atoms with E-state index in [1.165, 1.54) is 6.07 Å².